The fraction of sp³-hybridized carbons (Fsp3) is 0.400. The largest absolute Gasteiger partial charge is 0.324 e. The molecule has 0 aliphatic rings. The van der Waals surface area contributed by atoms with Crippen molar-refractivity contribution >= 4 is 0 Å². The predicted octanol–water partition coefficient (Wildman–Crippen LogP) is 3.58. The maximum Gasteiger partial charge on any atom is 0.264 e. The van der Waals surface area contributed by atoms with E-state index in [1.807, 2.05) is 0 Å². The van der Waals surface area contributed by atoms with Crippen molar-refractivity contribution in [1.82, 2.24) is 0 Å². The molecule has 1 rings (SSSR count). The van der Waals surface area contributed by atoms with Crippen LogP contribution in [0, 0.1) is 0 Å². The molecule has 0 radical (unpaired) electrons. The van der Waals surface area contributed by atoms with E-state index in [0.29, 0.717) is 0 Å². The van der Waals surface area contributed by atoms with E-state index < -0.39 is 30.0 Å². The van der Waals surface area contributed by atoms with Crippen LogP contribution in [0.1, 0.15) is 42.5 Å². The van der Waals surface area contributed by atoms with Gasteiger partial charge in [0.05, 0.1) is 0 Å². The van der Waals surface area contributed by atoms with E-state index in [1.54, 1.807) is 0 Å². The molecule has 5 heteroatoms. The normalized spacial score (nSPS) is 13.6. The number of hydrogen-bond acceptors (Lipinski definition) is 1. The second-order valence-corrected chi connectivity index (χ2v) is 3.24. The third-order valence-electron chi connectivity index (χ3n) is 2.12. The standard InChI is InChI=1S/C10H11F4N/c1-5(15)6-3-2-4-7(9(11)12)8(6)10(13)14/h2-5,9-10H,15H2,1H3. The Labute approximate surface area is 84.9 Å². The second kappa shape index (κ2) is 4.61. The average molecular weight is 221 g/mol. The van der Waals surface area contributed by atoms with Gasteiger partial charge in [-0.25, -0.2) is 17.6 Å². The highest BCUT2D eigenvalue weighted by molar-refractivity contribution is 5.38. The first kappa shape index (κ1) is 12.0. The van der Waals surface area contributed by atoms with Crippen LogP contribution in [0.2, 0.25) is 0 Å². The summed E-state index contributed by atoms with van der Waals surface area (Å²) < 4.78 is 50.2. The summed E-state index contributed by atoms with van der Waals surface area (Å²) in [5.74, 6) is 0. The Balaban J connectivity index is 3.35. The van der Waals surface area contributed by atoms with E-state index in [-0.39, 0.29) is 5.56 Å². The van der Waals surface area contributed by atoms with Gasteiger partial charge >= 0.3 is 0 Å². The predicted molar refractivity (Wildman–Crippen MR) is 49.0 cm³/mol. The van der Waals surface area contributed by atoms with Crippen molar-refractivity contribution in [3.05, 3.63) is 34.9 Å². The van der Waals surface area contributed by atoms with Gasteiger partial charge < -0.3 is 5.73 Å². The van der Waals surface area contributed by atoms with E-state index in [0.717, 1.165) is 6.07 Å². The molecule has 2 N–H and O–H groups in total. The van der Waals surface area contributed by atoms with Gasteiger partial charge in [0.2, 0.25) is 0 Å². The summed E-state index contributed by atoms with van der Waals surface area (Å²) in [6.45, 7) is 1.48. The number of nitrogens with two attached hydrogens (primary N) is 1. The summed E-state index contributed by atoms with van der Waals surface area (Å²) in [7, 11) is 0. The molecular formula is C10H11F4N. The van der Waals surface area contributed by atoms with Crippen molar-refractivity contribution in [3.63, 3.8) is 0 Å². The first-order valence-electron chi connectivity index (χ1n) is 4.39. The lowest BCUT2D eigenvalue weighted by Gasteiger charge is -2.15. The zero-order valence-corrected chi connectivity index (χ0v) is 8.05. The number of rotatable bonds is 3. The highest BCUT2D eigenvalue weighted by Crippen LogP contribution is 2.34. The van der Waals surface area contributed by atoms with Crippen LogP contribution >= 0.6 is 0 Å². The van der Waals surface area contributed by atoms with Gasteiger partial charge in [-0.15, -0.1) is 0 Å². The molecule has 1 atom stereocenters. The third-order valence-corrected chi connectivity index (χ3v) is 2.12. The minimum absolute atomic E-state index is 0.0720. The molecule has 0 fully saturated rings. The highest BCUT2D eigenvalue weighted by Gasteiger charge is 2.23. The first-order chi connectivity index (χ1) is 6.95. The van der Waals surface area contributed by atoms with Crippen molar-refractivity contribution in [2.45, 2.75) is 25.8 Å². The van der Waals surface area contributed by atoms with E-state index in [1.165, 1.54) is 19.1 Å². The average Bonchev–Trinajstić information content (AvgIpc) is 2.16. The lowest BCUT2D eigenvalue weighted by Crippen LogP contribution is -2.11. The van der Waals surface area contributed by atoms with Gasteiger partial charge in [-0.3, -0.25) is 0 Å². The topological polar surface area (TPSA) is 26.0 Å². The molecule has 1 aromatic rings. The van der Waals surface area contributed by atoms with Crippen LogP contribution in [-0.4, -0.2) is 0 Å². The molecule has 0 amide bonds. The Morgan fingerprint density at radius 3 is 1.93 bits per heavy atom. The molecule has 0 aliphatic carbocycles. The fourth-order valence-electron chi connectivity index (χ4n) is 1.44. The molecule has 1 aromatic carbocycles. The van der Waals surface area contributed by atoms with E-state index >= 15 is 0 Å². The molecule has 0 heterocycles. The van der Waals surface area contributed by atoms with Crippen molar-refractivity contribution in [3.8, 4) is 0 Å². The van der Waals surface area contributed by atoms with Gasteiger partial charge in [0.15, 0.2) is 0 Å². The van der Waals surface area contributed by atoms with Crippen LogP contribution in [-0.2, 0) is 0 Å². The Hall–Kier alpha value is -1.10. The maximum atomic E-state index is 12.6. The van der Waals surface area contributed by atoms with Crippen LogP contribution in [0.5, 0.6) is 0 Å². The number of alkyl halides is 4. The van der Waals surface area contributed by atoms with Gasteiger partial charge in [-0.1, -0.05) is 18.2 Å². The first-order valence-corrected chi connectivity index (χ1v) is 4.39. The van der Waals surface area contributed by atoms with Gasteiger partial charge in [0.25, 0.3) is 12.9 Å². The molecular weight excluding hydrogens is 210 g/mol. The second-order valence-electron chi connectivity index (χ2n) is 3.24. The highest BCUT2D eigenvalue weighted by atomic mass is 19.3. The molecule has 84 valence electrons. The lowest BCUT2D eigenvalue weighted by molar-refractivity contribution is 0.123. The monoisotopic (exact) mass is 221 g/mol. The molecule has 15 heavy (non-hydrogen) atoms. The van der Waals surface area contributed by atoms with Gasteiger partial charge in [0.1, 0.15) is 0 Å². The van der Waals surface area contributed by atoms with Crippen molar-refractivity contribution < 1.29 is 17.6 Å². The molecule has 0 spiro atoms. The number of benzene rings is 1. The minimum atomic E-state index is -2.93. The van der Waals surface area contributed by atoms with Crippen LogP contribution in [0.15, 0.2) is 18.2 Å². The Bertz CT molecular complexity index is 310. The molecule has 1 nitrogen and oxygen atoms in total. The van der Waals surface area contributed by atoms with E-state index in [9.17, 15) is 17.6 Å². The van der Waals surface area contributed by atoms with E-state index in [4.69, 9.17) is 5.73 Å². The van der Waals surface area contributed by atoms with Gasteiger partial charge in [-0.2, -0.15) is 0 Å². The van der Waals surface area contributed by atoms with E-state index in [2.05, 4.69) is 0 Å². The van der Waals surface area contributed by atoms with Crippen LogP contribution in [0.25, 0.3) is 0 Å². The summed E-state index contributed by atoms with van der Waals surface area (Å²) in [6, 6.07) is 2.97. The van der Waals surface area contributed by atoms with Crippen LogP contribution < -0.4 is 5.73 Å². The Morgan fingerprint density at radius 2 is 1.53 bits per heavy atom. The summed E-state index contributed by atoms with van der Waals surface area (Å²) in [5.41, 5.74) is 4.24. The zero-order valence-electron chi connectivity index (χ0n) is 8.05. The smallest absolute Gasteiger partial charge is 0.264 e. The number of halogens is 4. The van der Waals surface area contributed by atoms with Gasteiger partial charge in [-0.05, 0) is 12.5 Å². The van der Waals surface area contributed by atoms with Crippen molar-refractivity contribution in [2.24, 2.45) is 5.73 Å². The van der Waals surface area contributed by atoms with Crippen LogP contribution in [0.3, 0.4) is 0 Å². The Kier molecular flexibility index (Phi) is 3.68. The SMILES string of the molecule is CC(N)c1cccc(C(F)F)c1C(F)F. The molecule has 0 bridgehead atoms. The summed E-state index contributed by atoms with van der Waals surface area (Å²) in [4.78, 5) is 0. The molecule has 1 unspecified atom stereocenters. The molecule has 0 saturated heterocycles. The maximum absolute atomic E-state index is 12.6. The van der Waals surface area contributed by atoms with Gasteiger partial charge in [0, 0.05) is 17.2 Å². The quantitative estimate of drug-likeness (QED) is 0.775. The summed E-state index contributed by atoms with van der Waals surface area (Å²) >= 11 is 0. The summed E-state index contributed by atoms with van der Waals surface area (Å²) in [6.07, 6.45) is -5.84. The van der Waals surface area contributed by atoms with Crippen molar-refractivity contribution in [2.75, 3.05) is 0 Å². The molecule has 0 saturated carbocycles. The Morgan fingerprint density at radius 1 is 1.00 bits per heavy atom. The number of hydrogen-bond donors (Lipinski definition) is 1. The van der Waals surface area contributed by atoms with Crippen molar-refractivity contribution in [1.29, 1.82) is 0 Å². The third kappa shape index (κ3) is 2.47. The molecule has 0 aromatic heterocycles. The minimum Gasteiger partial charge on any atom is -0.324 e. The summed E-state index contributed by atoms with van der Waals surface area (Å²) in [5, 5.41) is 0. The van der Waals surface area contributed by atoms with Crippen LogP contribution in [0.4, 0.5) is 17.6 Å². The lowest BCUT2D eigenvalue weighted by atomic mass is 9.97. The zero-order chi connectivity index (χ0) is 11.6. The molecule has 0 aliphatic heterocycles. The fourth-order valence-corrected chi connectivity index (χ4v) is 1.44.